The number of hydrogen-bond donors (Lipinski definition) is 1. The van der Waals surface area contributed by atoms with Crippen molar-refractivity contribution in [2.24, 2.45) is 0 Å². The first-order chi connectivity index (χ1) is 12.9. The summed E-state index contributed by atoms with van der Waals surface area (Å²) < 4.78 is 38.1. The molecule has 0 aromatic heterocycles. The molecule has 1 aliphatic heterocycles. The van der Waals surface area contributed by atoms with Gasteiger partial charge in [0.15, 0.2) is 11.5 Å². The van der Waals surface area contributed by atoms with E-state index >= 15 is 0 Å². The number of carbonyl (C=O) groups is 1. The number of benzene rings is 2. The van der Waals surface area contributed by atoms with Crippen molar-refractivity contribution < 1.29 is 22.7 Å². The van der Waals surface area contributed by atoms with Gasteiger partial charge >= 0.3 is 0 Å². The van der Waals surface area contributed by atoms with Crippen LogP contribution < -0.4 is 19.1 Å². The van der Waals surface area contributed by atoms with Crippen LogP contribution in [0.5, 0.6) is 11.5 Å². The average molecular weight is 390 g/mol. The van der Waals surface area contributed by atoms with Crippen LogP contribution >= 0.6 is 0 Å². The number of para-hydroxylation sites is 1. The van der Waals surface area contributed by atoms with Gasteiger partial charge in [0.2, 0.25) is 15.9 Å². The number of anilines is 1. The maximum absolute atomic E-state index is 12.8. The zero-order chi connectivity index (χ0) is 19.6. The number of fused-ring (bicyclic) bond motifs is 1. The van der Waals surface area contributed by atoms with Gasteiger partial charge in [0.25, 0.3) is 0 Å². The molecule has 1 aliphatic rings. The molecule has 0 unspecified atom stereocenters. The van der Waals surface area contributed by atoms with Crippen LogP contribution in [-0.2, 0) is 21.2 Å². The second kappa shape index (κ2) is 7.58. The fourth-order valence-electron chi connectivity index (χ4n) is 3.14. The number of amides is 1. The molecule has 0 bridgehead atoms. The molecule has 0 saturated carbocycles. The Hall–Kier alpha value is -2.58. The molecule has 2 aromatic rings. The van der Waals surface area contributed by atoms with Gasteiger partial charge in [-0.2, -0.15) is 4.72 Å². The third-order valence-corrected chi connectivity index (χ3v) is 6.06. The standard InChI is InChI=1S/C19H22N2O5S/c1-13(19(22)21-11-10-14-6-4-5-7-16(14)21)20-27(23,24)15-8-9-17(25-2)18(12-15)26-3/h4-9,12-13,20H,10-11H2,1-3H3/t13-/m0/s1. The number of carbonyl (C=O) groups excluding carboxylic acids is 1. The SMILES string of the molecule is COc1ccc(S(=O)(=O)N[C@@H](C)C(=O)N2CCc3ccccc32)cc1OC. The van der Waals surface area contributed by atoms with Gasteiger partial charge < -0.3 is 14.4 Å². The molecule has 0 spiro atoms. The highest BCUT2D eigenvalue weighted by Gasteiger charge is 2.30. The summed E-state index contributed by atoms with van der Waals surface area (Å²) in [6.45, 7) is 2.09. The predicted molar refractivity (Wildman–Crippen MR) is 102 cm³/mol. The number of ether oxygens (including phenoxy) is 2. The molecule has 7 nitrogen and oxygen atoms in total. The van der Waals surface area contributed by atoms with Crippen LogP contribution in [-0.4, -0.2) is 41.1 Å². The summed E-state index contributed by atoms with van der Waals surface area (Å²) in [7, 11) is -1.00. The van der Waals surface area contributed by atoms with Gasteiger partial charge in [-0.3, -0.25) is 4.79 Å². The molecule has 0 saturated heterocycles. The van der Waals surface area contributed by atoms with E-state index in [0.717, 1.165) is 17.7 Å². The molecule has 2 aromatic carbocycles. The molecule has 144 valence electrons. The van der Waals surface area contributed by atoms with Crippen molar-refractivity contribution in [3.05, 3.63) is 48.0 Å². The summed E-state index contributed by atoms with van der Waals surface area (Å²) in [5, 5.41) is 0. The lowest BCUT2D eigenvalue weighted by Crippen LogP contribution is -2.46. The minimum absolute atomic E-state index is 0.00150. The van der Waals surface area contributed by atoms with Crippen molar-refractivity contribution in [3.63, 3.8) is 0 Å². The van der Waals surface area contributed by atoms with Crippen molar-refractivity contribution in [1.29, 1.82) is 0 Å². The smallest absolute Gasteiger partial charge is 0.244 e. The maximum atomic E-state index is 12.8. The molecule has 1 heterocycles. The molecule has 1 N–H and O–H groups in total. The van der Waals surface area contributed by atoms with Gasteiger partial charge in [0, 0.05) is 18.3 Å². The first-order valence-electron chi connectivity index (χ1n) is 8.51. The predicted octanol–water partition coefficient (Wildman–Crippen LogP) is 1.96. The topological polar surface area (TPSA) is 84.9 Å². The van der Waals surface area contributed by atoms with Gasteiger partial charge in [-0.25, -0.2) is 8.42 Å². The fourth-order valence-corrected chi connectivity index (χ4v) is 4.35. The monoisotopic (exact) mass is 390 g/mol. The number of rotatable bonds is 6. The highest BCUT2D eigenvalue weighted by atomic mass is 32.2. The molecule has 27 heavy (non-hydrogen) atoms. The quantitative estimate of drug-likeness (QED) is 0.815. The molecular formula is C19H22N2O5S. The summed E-state index contributed by atoms with van der Waals surface area (Å²) in [5.41, 5.74) is 1.92. The summed E-state index contributed by atoms with van der Waals surface area (Å²) in [5.74, 6) is 0.436. The Morgan fingerprint density at radius 2 is 1.81 bits per heavy atom. The van der Waals surface area contributed by atoms with E-state index in [1.54, 1.807) is 11.8 Å². The number of methoxy groups -OCH3 is 2. The zero-order valence-electron chi connectivity index (χ0n) is 15.4. The van der Waals surface area contributed by atoms with Gasteiger partial charge in [-0.1, -0.05) is 18.2 Å². The van der Waals surface area contributed by atoms with E-state index in [4.69, 9.17) is 9.47 Å². The van der Waals surface area contributed by atoms with Crippen molar-refractivity contribution in [3.8, 4) is 11.5 Å². The van der Waals surface area contributed by atoms with Crippen LogP contribution in [0.2, 0.25) is 0 Å². The molecule has 8 heteroatoms. The van der Waals surface area contributed by atoms with Crippen LogP contribution in [0.3, 0.4) is 0 Å². The zero-order valence-corrected chi connectivity index (χ0v) is 16.2. The van der Waals surface area contributed by atoms with Gasteiger partial charge in [-0.05, 0) is 37.1 Å². The normalized spacial score (nSPS) is 14.6. The van der Waals surface area contributed by atoms with E-state index in [2.05, 4.69) is 4.72 Å². The van der Waals surface area contributed by atoms with Crippen molar-refractivity contribution in [2.75, 3.05) is 25.7 Å². The third kappa shape index (κ3) is 3.77. The Balaban J connectivity index is 1.79. The summed E-state index contributed by atoms with van der Waals surface area (Å²) in [4.78, 5) is 14.4. The summed E-state index contributed by atoms with van der Waals surface area (Å²) in [6.07, 6.45) is 0.761. The lowest BCUT2D eigenvalue weighted by molar-refractivity contribution is -0.119. The first kappa shape index (κ1) is 19.2. The molecule has 0 radical (unpaired) electrons. The summed E-state index contributed by atoms with van der Waals surface area (Å²) >= 11 is 0. The largest absolute Gasteiger partial charge is 0.493 e. The van der Waals surface area contributed by atoms with E-state index < -0.39 is 16.1 Å². The lowest BCUT2D eigenvalue weighted by Gasteiger charge is -2.22. The minimum atomic E-state index is -3.90. The van der Waals surface area contributed by atoms with Crippen LogP contribution in [0.4, 0.5) is 5.69 Å². The number of nitrogens with zero attached hydrogens (tertiary/aromatic N) is 1. The van der Waals surface area contributed by atoms with Gasteiger partial charge in [0.05, 0.1) is 25.2 Å². The third-order valence-electron chi connectivity index (χ3n) is 4.52. The molecule has 0 aliphatic carbocycles. The maximum Gasteiger partial charge on any atom is 0.244 e. The lowest BCUT2D eigenvalue weighted by atomic mass is 10.2. The molecule has 3 rings (SSSR count). The Labute approximate surface area is 158 Å². The highest BCUT2D eigenvalue weighted by molar-refractivity contribution is 7.89. The molecular weight excluding hydrogens is 368 g/mol. The fraction of sp³-hybridized carbons (Fsp3) is 0.316. The van der Waals surface area contributed by atoms with Crippen molar-refractivity contribution in [1.82, 2.24) is 4.72 Å². The molecule has 1 amide bonds. The van der Waals surface area contributed by atoms with Crippen molar-refractivity contribution in [2.45, 2.75) is 24.3 Å². The molecule has 1 atom stereocenters. The van der Waals surface area contributed by atoms with Crippen LogP contribution in [0.25, 0.3) is 0 Å². The van der Waals surface area contributed by atoms with E-state index in [9.17, 15) is 13.2 Å². The Morgan fingerprint density at radius 1 is 1.11 bits per heavy atom. The number of hydrogen-bond acceptors (Lipinski definition) is 5. The molecule has 0 fully saturated rings. The van der Waals surface area contributed by atoms with E-state index in [0.29, 0.717) is 18.0 Å². The van der Waals surface area contributed by atoms with E-state index in [1.165, 1.54) is 32.4 Å². The second-order valence-electron chi connectivity index (χ2n) is 6.23. The average Bonchev–Trinajstić information content (AvgIpc) is 3.10. The number of sulfonamides is 1. The first-order valence-corrected chi connectivity index (χ1v) is 9.99. The van der Waals surface area contributed by atoms with E-state index in [-0.39, 0.29) is 10.8 Å². The van der Waals surface area contributed by atoms with Crippen molar-refractivity contribution >= 4 is 21.6 Å². The minimum Gasteiger partial charge on any atom is -0.493 e. The Kier molecular flexibility index (Phi) is 5.38. The van der Waals surface area contributed by atoms with Crippen LogP contribution in [0.1, 0.15) is 12.5 Å². The van der Waals surface area contributed by atoms with Crippen LogP contribution in [0, 0.1) is 0 Å². The van der Waals surface area contributed by atoms with Crippen LogP contribution in [0.15, 0.2) is 47.4 Å². The highest BCUT2D eigenvalue weighted by Crippen LogP contribution is 2.30. The Morgan fingerprint density at radius 3 is 2.52 bits per heavy atom. The number of nitrogens with one attached hydrogen (secondary N) is 1. The Bertz CT molecular complexity index is 958. The van der Waals surface area contributed by atoms with Gasteiger partial charge in [-0.15, -0.1) is 0 Å². The van der Waals surface area contributed by atoms with Gasteiger partial charge in [0.1, 0.15) is 0 Å². The second-order valence-corrected chi connectivity index (χ2v) is 7.94. The summed E-state index contributed by atoms with van der Waals surface area (Å²) in [6, 6.07) is 11.0. The van der Waals surface area contributed by atoms with E-state index in [1.807, 2.05) is 24.3 Å².